The van der Waals surface area contributed by atoms with Gasteiger partial charge in [-0.15, -0.1) is 0 Å². The van der Waals surface area contributed by atoms with Crippen LogP contribution < -0.4 is 5.73 Å². The van der Waals surface area contributed by atoms with Gasteiger partial charge in [-0.1, -0.05) is 0 Å². The number of nitrogen functional groups attached to an aromatic ring is 1. The molecule has 0 aliphatic carbocycles. The molecular formula is C12H15N3OS. The number of nitrogens with zero attached hydrogens (tertiary/aromatic N) is 2. The quantitative estimate of drug-likeness (QED) is 0.825. The lowest BCUT2D eigenvalue weighted by atomic mass is 10.3. The second-order valence-electron chi connectivity index (χ2n) is 4.22. The Bertz CT molecular complexity index is 519. The van der Waals surface area contributed by atoms with Crippen LogP contribution in [0, 0.1) is 0 Å². The summed E-state index contributed by atoms with van der Waals surface area (Å²) >= 11 is 2.01. The summed E-state index contributed by atoms with van der Waals surface area (Å²) in [7, 11) is 0. The van der Waals surface area contributed by atoms with Crippen LogP contribution in [-0.2, 0) is 6.54 Å². The number of fused-ring (bicyclic) bond motifs is 1. The molecule has 2 N–H and O–H groups in total. The number of oxazole rings is 1. The van der Waals surface area contributed by atoms with E-state index in [0.717, 1.165) is 42.3 Å². The Morgan fingerprint density at radius 3 is 3.00 bits per heavy atom. The summed E-state index contributed by atoms with van der Waals surface area (Å²) in [6, 6.07) is 5.59. The molecule has 90 valence electrons. The summed E-state index contributed by atoms with van der Waals surface area (Å²) in [4.78, 5) is 6.86. The van der Waals surface area contributed by atoms with E-state index in [-0.39, 0.29) is 0 Å². The molecule has 0 atom stereocenters. The zero-order valence-electron chi connectivity index (χ0n) is 9.56. The lowest BCUT2D eigenvalue weighted by Crippen LogP contribution is -2.32. The van der Waals surface area contributed by atoms with Crippen LogP contribution in [0.4, 0.5) is 5.69 Å². The molecule has 0 bridgehead atoms. The van der Waals surface area contributed by atoms with Crippen molar-refractivity contribution in [1.29, 1.82) is 0 Å². The van der Waals surface area contributed by atoms with Crippen LogP contribution in [0.15, 0.2) is 22.6 Å². The number of hydrogen-bond donors (Lipinski definition) is 1. The molecular weight excluding hydrogens is 234 g/mol. The van der Waals surface area contributed by atoms with Gasteiger partial charge in [0.1, 0.15) is 5.52 Å². The maximum Gasteiger partial charge on any atom is 0.209 e. The van der Waals surface area contributed by atoms with Gasteiger partial charge in [0.15, 0.2) is 5.58 Å². The van der Waals surface area contributed by atoms with Crippen LogP contribution in [0.25, 0.3) is 11.1 Å². The average Bonchev–Trinajstić information content (AvgIpc) is 2.71. The van der Waals surface area contributed by atoms with E-state index in [0.29, 0.717) is 0 Å². The minimum Gasteiger partial charge on any atom is -0.439 e. The van der Waals surface area contributed by atoms with Gasteiger partial charge >= 0.3 is 0 Å². The lowest BCUT2D eigenvalue weighted by molar-refractivity contribution is 0.265. The molecule has 1 aromatic heterocycles. The van der Waals surface area contributed by atoms with Crippen molar-refractivity contribution in [2.75, 3.05) is 30.3 Å². The highest BCUT2D eigenvalue weighted by molar-refractivity contribution is 7.99. The smallest absolute Gasteiger partial charge is 0.209 e. The maximum absolute atomic E-state index is 5.72. The van der Waals surface area contributed by atoms with Crippen molar-refractivity contribution in [2.24, 2.45) is 0 Å². The Labute approximate surface area is 104 Å². The molecule has 3 rings (SSSR count). The first kappa shape index (κ1) is 10.9. The molecule has 2 aromatic rings. The summed E-state index contributed by atoms with van der Waals surface area (Å²) in [5, 5.41) is 0. The average molecular weight is 249 g/mol. The SMILES string of the molecule is Nc1ccc2nc(CN3CCSCC3)oc2c1. The standard InChI is InChI=1S/C12H15N3OS/c13-9-1-2-10-11(7-9)16-12(14-10)8-15-3-5-17-6-4-15/h1-2,7H,3-6,8,13H2. The van der Waals surface area contributed by atoms with Gasteiger partial charge in [-0.2, -0.15) is 11.8 Å². The Morgan fingerprint density at radius 2 is 2.18 bits per heavy atom. The predicted molar refractivity (Wildman–Crippen MR) is 71.0 cm³/mol. The number of thioether (sulfide) groups is 1. The van der Waals surface area contributed by atoms with Crippen LogP contribution >= 0.6 is 11.8 Å². The first-order valence-electron chi connectivity index (χ1n) is 5.76. The van der Waals surface area contributed by atoms with Crippen LogP contribution in [0.1, 0.15) is 5.89 Å². The third kappa shape index (κ3) is 2.40. The number of anilines is 1. The van der Waals surface area contributed by atoms with E-state index in [4.69, 9.17) is 10.2 Å². The van der Waals surface area contributed by atoms with E-state index in [1.54, 1.807) is 0 Å². The van der Waals surface area contributed by atoms with Gasteiger partial charge < -0.3 is 10.2 Å². The summed E-state index contributed by atoms with van der Waals surface area (Å²) in [5.41, 5.74) is 8.11. The van der Waals surface area contributed by atoms with Gasteiger partial charge in [0.05, 0.1) is 6.54 Å². The molecule has 1 saturated heterocycles. The Balaban J connectivity index is 1.80. The molecule has 5 heteroatoms. The summed E-state index contributed by atoms with van der Waals surface area (Å²) in [5.74, 6) is 3.19. The molecule has 4 nitrogen and oxygen atoms in total. The van der Waals surface area contributed by atoms with E-state index in [1.165, 1.54) is 11.5 Å². The summed E-state index contributed by atoms with van der Waals surface area (Å²) < 4.78 is 5.71. The molecule has 2 heterocycles. The fraction of sp³-hybridized carbons (Fsp3) is 0.417. The summed E-state index contributed by atoms with van der Waals surface area (Å²) in [6.45, 7) is 3.03. The third-order valence-corrected chi connectivity index (χ3v) is 3.86. The van der Waals surface area contributed by atoms with Crippen LogP contribution in [0.5, 0.6) is 0 Å². The predicted octanol–water partition coefficient (Wildman–Crippen LogP) is 1.96. The van der Waals surface area contributed by atoms with Gasteiger partial charge in [0, 0.05) is 36.3 Å². The minimum atomic E-state index is 0.717. The van der Waals surface area contributed by atoms with E-state index in [1.807, 2.05) is 30.0 Å². The van der Waals surface area contributed by atoms with E-state index < -0.39 is 0 Å². The van der Waals surface area contributed by atoms with Crippen molar-refractivity contribution in [1.82, 2.24) is 9.88 Å². The molecule has 17 heavy (non-hydrogen) atoms. The van der Waals surface area contributed by atoms with Crippen molar-refractivity contribution in [3.63, 3.8) is 0 Å². The van der Waals surface area contributed by atoms with E-state index in [2.05, 4.69) is 9.88 Å². The van der Waals surface area contributed by atoms with Crippen LogP contribution in [0.3, 0.4) is 0 Å². The Kier molecular flexibility index (Phi) is 2.94. The molecule has 0 saturated carbocycles. The normalized spacial score (nSPS) is 17.6. The van der Waals surface area contributed by atoms with Gasteiger partial charge in [-0.3, -0.25) is 4.90 Å². The second kappa shape index (κ2) is 4.58. The first-order chi connectivity index (χ1) is 8.31. The number of rotatable bonds is 2. The second-order valence-corrected chi connectivity index (χ2v) is 5.45. The van der Waals surface area contributed by atoms with E-state index in [9.17, 15) is 0 Å². The molecule has 1 aliphatic heterocycles. The maximum atomic E-state index is 5.72. The fourth-order valence-electron chi connectivity index (χ4n) is 2.01. The van der Waals surface area contributed by atoms with Crippen molar-refractivity contribution >= 4 is 28.5 Å². The molecule has 0 spiro atoms. The highest BCUT2D eigenvalue weighted by Gasteiger charge is 2.14. The molecule has 1 aliphatic rings. The number of hydrogen-bond acceptors (Lipinski definition) is 5. The number of benzene rings is 1. The van der Waals surface area contributed by atoms with Crippen molar-refractivity contribution in [2.45, 2.75) is 6.54 Å². The summed E-state index contributed by atoms with van der Waals surface area (Å²) in [6.07, 6.45) is 0. The lowest BCUT2D eigenvalue weighted by Gasteiger charge is -2.24. The highest BCUT2D eigenvalue weighted by Crippen LogP contribution is 2.20. The highest BCUT2D eigenvalue weighted by atomic mass is 32.2. The first-order valence-corrected chi connectivity index (χ1v) is 6.92. The molecule has 0 unspecified atom stereocenters. The van der Waals surface area contributed by atoms with E-state index >= 15 is 0 Å². The Hall–Kier alpha value is -1.20. The van der Waals surface area contributed by atoms with Crippen molar-refractivity contribution in [3.05, 3.63) is 24.1 Å². The van der Waals surface area contributed by atoms with Crippen LogP contribution in [-0.4, -0.2) is 34.5 Å². The molecule has 1 aromatic carbocycles. The fourth-order valence-corrected chi connectivity index (χ4v) is 2.99. The van der Waals surface area contributed by atoms with Gasteiger partial charge in [0.2, 0.25) is 5.89 Å². The molecule has 0 radical (unpaired) electrons. The van der Waals surface area contributed by atoms with Crippen molar-refractivity contribution in [3.8, 4) is 0 Å². The van der Waals surface area contributed by atoms with Crippen molar-refractivity contribution < 1.29 is 4.42 Å². The Morgan fingerprint density at radius 1 is 1.35 bits per heavy atom. The zero-order valence-corrected chi connectivity index (χ0v) is 10.4. The zero-order chi connectivity index (χ0) is 11.7. The number of nitrogens with two attached hydrogens (primary N) is 1. The van der Waals surface area contributed by atoms with Gasteiger partial charge in [-0.25, -0.2) is 4.98 Å². The topological polar surface area (TPSA) is 55.3 Å². The number of aromatic nitrogens is 1. The molecule has 0 amide bonds. The van der Waals surface area contributed by atoms with Crippen LogP contribution in [0.2, 0.25) is 0 Å². The van der Waals surface area contributed by atoms with Gasteiger partial charge in [0.25, 0.3) is 0 Å². The molecule has 1 fully saturated rings. The minimum absolute atomic E-state index is 0.717. The monoisotopic (exact) mass is 249 g/mol. The third-order valence-electron chi connectivity index (χ3n) is 2.92. The largest absolute Gasteiger partial charge is 0.439 e. The van der Waals surface area contributed by atoms with Gasteiger partial charge in [-0.05, 0) is 12.1 Å².